The van der Waals surface area contributed by atoms with E-state index in [0.717, 1.165) is 44.6 Å². The van der Waals surface area contributed by atoms with Crippen molar-refractivity contribution >= 4 is 34.5 Å². The van der Waals surface area contributed by atoms with Gasteiger partial charge in [0.15, 0.2) is 11.6 Å². The van der Waals surface area contributed by atoms with Gasteiger partial charge >= 0.3 is 0 Å². The number of nitrogen functional groups attached to an aromatic ring is 1. The molecule has 49 heavy (non-hydrogen) atoms. The van der Waals surface area contributed by atoms with Gasteiger partial charge in [0.1, 0.15) is 5.56 Å². The monoisotopic (exact) mass is 656 g/mol. The minimum atomic E-state index is -0.608. The van der Waals surface area contributed by atoms with Crippen molar-refractivity contribution in [2.45, 2.75) is 38.4 Å². The van der Waals surface area contributed by atoms with Crippen LogP contribution in [0.2, 0.25) is 0 Å². The summed E-state index contributed by atoms with van der Waals surface area (Å²) in [5.41, 5.74) is 14.6. The van der Waals surface area contributed by atoms with Crippen molar-refractivity contribution < 1.29 is 4.79 Å². The first kappa shape index (κ1) is 33.1. The number of piperidine rings is 1. The van der Waals surface area contributed by atoms with Gasteiger partial charge in [0.05, 0.1) is 29.7 Å². The number of fused-ring (bicyclic) bond motifs is 1. The minimum absolute atomic E-state index is 0.0448. The number of aliphatic imine (C=N–C) groups is 1. The van der Waals surface area contributed by atoms with E-state index in [1.807, 2.05) is 72.4 Å². The number of carbonyl (C=O) groups is 1. The van der Waals surface area contributed by atoms with Crippen LogP contribution in [0.4, 0.5) is 11.6 Å². The molecule has 0 bridgehead atoms. The lowest BCUT2D eigenvalue weighted by molar-refractivity contribution is 0.0940. The fourth-order valence-electron chi connectivity index (χ4n) is 6.13. The predicted molar refractivity (Wildman–Crippen MR) is 193 cm³/mol. The summed E-state index contributed by atoms with van der Waals surface area (Å²) in [5.74, 6) is 6.30. The molecular formula is C37H40N10O2. The number of rotatable bonds is 9. The molecule has 1 fully saturated rings. The third-order valence-corrected chi connectivity index (χ3v) is 8.71. The SMILES string of the molecule is C=C/C=N\c1c(C(=O)NC(C)c2cc3cccc(C#Cc4cnn(CCN5CCC(N)CC5)c4)c3c(=O)n2-c2ccccc2)c(N)nn1C. The number of amides is 1. The van der Waals surface area contributed by atoms with Crippen molar-refractivity contribution in [2.24, 2.45) is 17.8 Å². The van der Waals surface area contributed by atoms with Crippen LogP contribution in [-0.4, -0.2) is 66.8 Å². The maximum atomic E-state index is 14.4. The first-order valence-corrected chi connectivity index (χ1v) is 16.3. The van der Waals surface area contributed by atoms with Gasteiger partial charge in [0.25, 0.3) is 11.5 Å². The number of nitrogens with two attached hydrogens (primary N) is 2. The maximum absolute atomic E-state index is 14.4. The van der Waals surface area contributed by atoms with Gasteiger partial charge < -0.3 is 21.7 Å². The van der Waals surface area contributed by atoms with Gasteiger partial charge in [-0.25, -0.2) is 9.67 Å². The highest BCUT2D eigenvalue weighted by atomic mass is 16.2. The lowest BCUT2D eigenvalue weighted by atomic mass is 10.0. The van der Waals surface area contributed by atoms with Crippen molar-refractivity contribution in [1.82, 2.24) is 34.3 Å². The third kappa shape index (κ3) is 7.23. The van der Waals surface area contributed by atoms with Crippen LogP contribution in [0, 0.1) is 11.8 Å². The highest BCUT2D eigenvalue weighted by Gasteiger charge is 2.25. The van der Waals surface area contributed by atoms with E-state index in [0.29, 0.717) is 39.6 Å². The second-order valence-electron chi connectivity index (χ2n) is 12.2. The second kappa shape index (κ2) is 14.6. The van der Waals surface area contributed by atoms with Gasteiger partial charge in [-0.05, 0) is 62.5 Å². The van der Waals surface area contributed by atoms with E-state index < -0.39 is 11.9 Å². The Balaban J connectivity index is 1.32. The number of aromatic nitrogens is 5. The van der Waals surface area contributed by atoms with Crippen molar-refractivity contribution in [2.75, 3.05) is 25.4 Å². The Morgan fingerprint density at radius 3 is 2.67 bits per heavy atom. The Morgan fingerprint density at radius 1 is 1.14 bits per heavy atom. The zero-order valence-corrected chi connectivity index (χ0v) is 27.7. The number of nitrogens with zero attached hydrogens (tertiary/aromatic N) is 7. The lowest BCUT2D eigenvalue weighted by Gasteiger charge is -2.29. The predicted octanol–water partition coefficient (Wildman–Crippen LogP) is 3.71. The molecule has 6 rings (SSSR count). The largest absolute Gasteiger partial charge is 0.381 e. The van der Waals surface area contributed by atoms with Crippen LogP contribution in [-0.2, 0) is 13.6 Å². The molecule has 1 atom stereocenters. The fourth-order valence-corrected chi connectivity index (χ4v) is 6.13. The van der Waals surface area contributed by atoms with Crippen LogP contribution in [0.5, 0.6) is 0 Å². The van der Waals surface area contributed by atoms with Crippen molar-refractivity contribution in [3.05, 3.63) is 112 Å². The summed E-state index contributed by atoms with van der Waals surface area (Å²) in [6.45, 7) is 9.15. The van der Waals surface area contributed by atoms with E-state index >= 15 is 0 Å². The van der Waals surface area contributed by atoms with Crippen LogP contribution in [0.25, 0.3) is 16.5 Å². The minimum Gasteiger partial charge on any atom is -0.381 e. The number of carbonyl (C=O) groups excluding carboxylic acids is 1. The average Bonchev–Trinajstić information content (AvgIpc) is 3.68. The molecule has 0 spiro atoms. The third-order valence-electron chi connectivity index (χ3n) is 8.71. The molecule has 4 heterocycles. The Kier molecular flexibility index (Phi) is 9.84. The summed E-state index contributed by atoms with van der Waals surface area (Å²) in [5, 5.41) is 12.9. The molecule has 0 saturated carbocycles. The number of allylic oxidation sites excluding steroid dienone is 1. The molecule has 3 aromatic heterocycles. The molecule has 1 aliphatic heterocycles. The van der Waals surface area contributed by atoms with Gasteiger partial charge in [-0.2, -0.15) is 10.2 Å². The van der Waals surface area contributed by atoms with Crippen LogP contribution in [0.1, 0.15) is 53.0 Å². The Morgan fingerprint density at radius 2 is 1.92 bits per heavy atom. The fraction of sp³-hybridized carbons (Fsp3) is 0.270. The zero-order valence-electron chi connectivity index (χ0n) is 27.7. The number of benzene rings is 2. The second-order valence-corrected chi connectivity index (χ2v) is 12.2. The highest BCUT2D eigenvalue weighted by molar-refractivity contribution is 6.03. The summed E-state index contributed by atoms with van der Waals surface area (Å²) in [6.07, 6.45) is 8.69. The van der Waals surface area contributed by atoms with Crippen LogP contribution in [0.3, 0.4) is 0 Å². The molecule has 1 aliphatic rings. The molecular weight excluding hydrogens is 616 g/mol. The van der Waals surface area contributed by atoms with Crippen molar-refractivity contribution in [3.8, 4) is 17.5 Å². The summed E-state index contributed by atoms with van der Waals surface area (Å²) in [6, 6.07) is 16.5. The summed E-state index contributed by atoms with van der Waals surface area (Å²) < 4.78 is 4.96. The molecule has 12 nitrogen and oxygen atoms in total. The molecule has 1 unspecified atom stereocenters. The molecule has 2 aromatic carbocycles. The van der Waals surface area contributed by atoms with Crippen LogP contribution >= 0.6 is 0 Å². The van der Waals surface area contributed by atoms with E-state index in [-0.39, 0.29) is 16.9 Å². The molecule has 12 heteroatoms. The number of aryl methyl sites for hydroxylation is 1. The van der Waals surface area contributed by atoms with Gasteiger partial charge in [-0.1, -0.05) is 54.8 Å². The first-order valence-electron chi connectivity index (χ1n) is 16.3. The topological polar surface area (TPSA) is 154 Å². The van der Waals surface area contributed by atoms with Crippen molar-refractivity contribution in [3.63, 3.8) is 0 Å². The quantitative estimate of drug-likeness (QED) is 0.161. The average molecular weight is 657 g/mol. The first-order chi connectivity index (χ1) is 23.7. The summed E-state index contributed by atoms with van der Waals surface area (Å²) in [7, 11) is 1.66. The number of hydrogen-bond donors (Lipinski definition) is 3. The lowest BCUT2D eigenvalue weighted by Crippen LogP contribution is -2.40. The highest BCUT2D eigenvalue weighted by Crippen LogP contribution is 2.27. The molecule has 0 aliphatic carbocycles. The summed E-state index contributed by atoms with van der Waals surface area (Å²) >= 11 is 0. The summed E-state index contributed by atoms with van der Waals surface area (Å²) in [4.78, 5) is 34.7. The van der Waals surface area contributed by atoms with Crippen LogP contribution in [0.15, 0.2) is 89.4 Å². The van der Waals surface area contributed by atoms with Gasteiger partial charge in [0, 0.05) is 49.0 Å². The van der Waals surface area contributed by atoms with E-state index in [9.17, 15) is 9.59 Å². The van der Waals surface area contributed by atoms with Gasteiger partial charge in [0.2, 0.25) is 0 Å². The smallest absolute Gasteiger partial charge is 0.264 e. The van der Waals surface area contributed by atoms with Crippen LogP contribution < -0.4 is 22.3 Å². The maximum Gasteiger partial charge on any atom is 0.264 e. The van der Waals surface area contributed by atoms with Crippen molar-refractivity contribution in [1.29, 1.82) is 0 Å². The van der Waals surface area contributed by atoms with E-state index in [1.165, 1.54) is 17.0 Å². The Labute approximate surface area is 284 Å². The standard InChI is InChI=1S/C37H40N10O2/c1-4-17-40-35-33(34(39)43-44(35)3)36(48)42-25(2)31-22-28-10-8-9-27(32(28)37(49)47(31)30-11-6-5-7-12-30)14-13-26-23-41-46(24-26)21-20-45-18-15-29(38)16-19-45/h4-12,17,22-25,29H,1,15-16,18-21,38H2,2-3H3,(H2,39,43)(H,42,48)/b40-17-. The molecule has 5 aromatic rings. The Hall–Kier alpha value is -5.77. The van der Waals surface area contributed by atoms with Gasteiger partial charge in [-0.3, -0.25) is 18.8 Å². The van der Waals surface area contributed by atoms with E-state index in [4.69, 9.17) is 11.5 Å². The zero-order chi connectivity index (χ0) is 34.5. The molecule has 1 saturated heterocycles. The molecule has 5 N–H and O–H groups in total. The molecule has 250 valence electrons. The number of hydrogen-bond acceptors (Lipinski definition) is 8. The number of para-hydroxylation sites is 1. The number of likely N-dealkylation sites (tertiary alicyclic amines) is 1. The number of anilines is 1. The van der Waals surface area contributed by atoms with Gasteiger partial charge in [-0.15, -0.1) is 0 Å². The molecule has 0 radical (unpaired) electrons. The Bertz CT molecular complexity index is 2140. The normalized spacial score (nSPS) is 14.5. The van der Waals surface area contributed by atoms with E-state index in [1.54, 1.807) is 17.8 Å². The molecule has 1 amide bonds. The van der Waals surface area contributed by atoms with E-state index in [2.05, 4.69) is 43.8 Å². The number of pyridine rings is 1. The number of nitrogens with one attached hydrogen (secondary N) is 1.